The monoisotopic (exact) mass is 718 g/mol. The molecule has 0 radical (unpaired) electrons. The molecule has 0 aromatic heterocycles. The van der Waals surface area contributed by atoms with Crippen molar-refractivity contribution in [3.8, 4) is 0 Å². The Morgan fingerprint density at radius 3 is 1.02 bits per heavy atom. The van der Waals surface area contributed by atoms with Gasteiger partial charge in [-0.2, -0.15) is 0 Å². The number of hydrogen-bond donors (Lipinski definition) is 0. The first kappa shape index (κ1) is 37.3. The number of rotatable bonds is 26. The second-order valence-corrected chi connectivity index (χ2v) is 15.9. The lowest BCUT2D eigenvalue weighted by Gasteiger charge is -2.43. The molecule has 2 aromatic rings. The van der Waals surface area contributed by atoms with E-state index >= 15 is 0 Å². The summed E-state index contributed by atoms with van der Waals surface area (Å²) in [7, 11) is -2.52. The Hall–Kier alpha value is -0.933. The van der Waals surface area contributed by atoms with Crippen LogP contribution < -0.4 is 10.4 Å². The van der Waals surface area contributed by atoms with Gasteiger partial charge in [0.1, 0.15) is 0 Å². The van der Waals surface area contributed by atoms with Gasteiger partial charge in [0.25, 0.3) is 8.32 Å². The van der Waals surface area contributed by atoms with Crippen molar-refractivity contribution in [2.75, 3.05) is 104 Å². The SMILES string of the molecule is CC(C)(C)[Si](OCCOCCOCCOCCOCCOCCOCCOCCI)(c1ccccc1)c1ccccc1. The van der Waals surface area contributed by atoms with Crippen molar-refractivity contribution < 1.29 is 37.6 Å². The number of benzene rings is 2. The standard InChI is InChI=1S/C32H51IO8Si/c1-32(2,3)42(30-10-6-4-7-11-30,31-12-8-5-9-13-31)41-29-28-40-27-26-39-25-24-38-23-22-37-21-20-36-19-18-35-17-16-34-15-14-33/h4-13H,14-29H2,1-3H3. The quantitative estimate of drug-likeness (QED) is 0.0624. The number of alkyl halides is 1. The molecule has 0 amide bonds. The smallest absolute Gasteiger partial charge is 0.261 e. The molecule has 238 valence electrons. The highest BCUT2D eigenvalue weighted by Gasteiger charge is 2.49. The van der Waals surface area contributed by atoms with Crippen LogP contribution in [0.3, 0.4) is 0 Å². The molecule has 10 heteroatoms. The molecule has 8 nitrogen and oxygen atoms in total. The van der Waals surface area contributed by atoms with Gasteiger partial charge in [0.15, 0.2) is 0 Å². The van der Waals surface area contributed by atoms with Crippen molar-refractivity contribution in [2.45, 2.75) is 25.8 Å². The number of ether oxygens (including phenoxy) is 7. The van der Waals surface area contributed by atoms with Crippen molar-refractivity contribution >= 4 is 41.3 Å². The molecular formula is C32H51IO8Si. The van der Waals surface area contributed by atoms with E-state index in [9.17, 15) is 0 Å². The molecule has 0 aliphatic rings. The molecule has 42 heavy (non-hydrogen) atoms. The molecule has 0 saturated heterocycles. The highest BCUT2D eigenvalue weighted by Crippen LogP contribution is 2.36. The summed E-state index contributed by atoms with van der Waals surface area (Å²) in [4.78, 5) is 0. The van der Waals surface area contributed by atoms with Crippen LogP contribution in [-0.2, 0) is 37.6 Å². The Morgan fingerprint density at radius 2 is 0.738 bits per heavy atom. The Kier molecular flexibility index (Phi) is 20.8. The Labute approximate surface area is 267 Å². The normalized spacial score (nSPS) is 12.2. The van der Waals surface area contributed by atoms with Crippen LogP contribution >= 0.6 is 22.6 Å². The van der Waals surface area contributed by atoms with Crippen LogP contribution in [-0.4, -0.2) is 112 Å². The molecule has 0 N–H and O–H groups in total. The van der Waals surface area contributed by atoms with Gasteiger partial charge in [-0.15, -0.1) is 0 Å². The lowest BCUT2D eigenvalue weighted by atomic mass is 10.2. The first-order valence-electron chi connectivity index (χ1n) is 14.9. The fourth-order valence-electron chi connectivity index (χ4n) is 4.49. The Bertz CT molecular complexity index is 846. The maximum Gasteiger partial charge on any atom is 0.261 e. The van der Waals surface area contributed by atoms with Crippen LogP contribution in [0.2, 0.25) is 5.04 Å². The van der Waals surface area contributed by atoms with Crippen LogP contribution in [0.1, 0.15) is 20.8 Å². The molecule has 0 spiro atoms. The van der Waals surface area contributed by atoms with Gasteiger partial charge in [0.2, 0.25) is 0 Å². The van der Waals surface area contributed by atoms with Crippen molar-refractivity contribution in [3.05, 3.63) is 60.7 Å². The second kappa shape index (κ2) is 23.4. The summed E-state index contributed by atoms with van der Waals surface area (Å²) >= 11 is 2.28. The lowest BCUT2D eigenvalue weighted by Crippen LogP contribution is -2.66. The molecule has 0 bridgehead atoms. The first-order chi connectivity index (χ1) is 20.5. The summed E-state index contributed by atoms with van der Waals surface area (Å²) in [5, 5.41) is 2.50. The first-order valence-corrected chi connectivity index (χ1v) is 18.3. The zero-order valence-corrected chi connectivity index (χ0v) is 28.9. The third-order valence-corrected chi connectivity index (χ3v) is 11.9. The van der Waals surface area contributed by atoms with Crippen LogP contribution in [0.5, 0.6) is 0 Å². The van der Waals surface area contributed by atoms with E-state index in [4.69, 9.17) is 37.6 Å². The zero-order chi connectivity index (χ0) is 30.2. The van der Waals surface area contributed by atoms with E-state index < -0.39 is 8.32 Å². The van der Waals surface area contributed by atoms with Gasteiger partial charge in [-0.3, -0.25) is 0 Å². The summed E-state index contributed by atoms with van der Waals surface area (Å²) in [5.41, 5.74) is 0. The van der Waals surface area contributed by atoms with Crippen LogP contribution in [0.25, 0.3) is 0 Å². The van der Waals surface area contributed by atoms with E-state index in [2.05, 4.69) is 104 Å². The minimum atomic E-state index is -2.52. The van der Waals surface area contributed by atoms with Crippen LogP contribution in [0, 0.1) is 0 Å². The van der Waals surface area contributed by atoms with Gasteiger partial charge in [0.05, 0.1) is 99.1 Å². The molecule has 0 aliphatic heterocycles. The maximum absolute atomic E-state index is 6.83. The predicted molar refractivity (Wildman–Crippen MR) is 178 cm³/mol. The van der Waals surface area contributed by atoms with Gasteiger partial charge in [-0.05, 0) is 15.4 Å². The molecule has 2 aromatic carbocycles. The highest BCUT2D eigenvalue weighted by atomic mass is 127. The average Bonchev–Trinajstić information content (AvgIpc) is 3.00. The fourth-order valence-corrected chi connectivity index (χ4v) is 9.35. The van der Waals surface area contributed by atoms with Crippen molar-refractivity contribution in [1.29, 1.82) is 0 Å². The summed E-state index contributed by atoms with van der Waals surface area (Å²) in [6.45, 7) is 15.2. The van der Waals surface area contributed by atoms with Crippen LogP contribution in [0.15, 0.2) is 60.7 Å². The lowest BCUT2D eigenvalue weighted by molar-refractivity contribution is -0.0208. The van der Waals surface area contributed by atoms with E-state index in [1.54, 1.807) is 0 Å². The molecule has 0 heterocycles. The molecule has 0 fully saturated rings. The van der Waals surface area contributed by atoms with Gasteiger partial charge in [-0.25, -0.2) is 0 Å². The van der Waals surface area contributed by atoms with Gasteiger partial charge < -0.3 is 37.6 Å². The summed E-state index contributed by atoms with van der Waals surface area (Å²) in [5.74, 6) is 0. The Morgan fingerprint density at radius 1 is 0.452 bits per heavy atom. The largest absolute Gasteiger partial charge is 0.405 e. The average molecular weight is 719 g/mol. The minimum absolute atomic E-state index is 0.0453. The predicted octanol–water partition coefficient (Wildman–Crippen LogP) is 4.11. The number of halogens is 1. The third-order valence-electron chi connectivity index (χ3n) is 6.42. The summed E-state index contributed by atoms with van der Waals surface area (Å²) < 4.78 is 46.6. The topological polar surface area (TPSA) is 73.8 Å². The Balaban J connectivity index is 1.48. The van der Waals surface area contributed by atoms with Crippen molar-refractivity contribution in [3.63, 3.8) is 0 Å². The molecule has 0 aliphatic carbocycles. The van der Waals surface area contributed by atoms with Gasteiger partial charge in [0, 0.05) is 4.43 Å². The van der Waals surface area contributed by atoms with Crippen LogP contribution in [0.4, 0.5) is 0 Å². The van der Waals surface area contributed by atoms with Crippen molar-refractivity contribution in [2.24, 2.45) is 0 Å². The fraction of sp³-hybridized carbons (Fsp3) is 0.625. The molecule has 2 rings (SSSR count). The van der Waals surface area contributed by atoms with E-state index in [-0.39, 0.29) is 5.04 Å². The molecular weight excluding hydrogens is 667 g/mol. The van der Waals surface area contributed by atoms with E-state index in [0.717, 1.165) is 11.0 Å². The highest BCUT2D eigenvalue weighted by molar-refractivity contribution is 14.1. The van der Waals surface area contributed by atoms with Gasteiger partial charge in [-0.1, -0.05) is 104 Å². The van der Waals surface area contributed by atoms with E-state index in [0.29, 0.717) is 92.5 Å². The van der Waals surface area contributed by atoms with Crippen molar-refractivity contribution in [1.82, 2.24) is 0 Å². The maximum atomic E-state index is 6.83. The molecule has 0 saturated carbocycles. The van der Waals surface area contributed by atoms with E-state index in [1.165, 1.54) is 10.4 Å². The van der Waals surface area contributed by atoms with E-state index in [1.807, 2.05) is 0 Å². The molecule has 0 unspecified atom stereocenters. The number of hydrogen-bond acceptors (Lipinski definition) is 8. The second-order valence-electron chi connectivity index (χ2n) is 10.5. The summed E-state index contributed by atoms with van der Waals surface area (Å²) in [6, 6.07) is 21.3. The zero-order valence-electron chi connectivity index (χ0n) is 25.7. The minimum Gasteiger partial charge on any atom is -0.405 e. The summed E-state index contributed by atoms with van der Waals surface area (Å²) in [6.07, 6.45) is 0. The molecule has 0 atom stereocenters. The third kappa shape index (κ3) is 14.7. The van der Waals surface area contributed by atoms with Gasteiger partial charge >= 0.3 is 0 Å².